The van der Waals surface area contributed by atoms with Crippen LogP contribution in [0.3, 0.4) is 0 Å². The first-order valence-corrected chi connectivity index (χ1v) is 6.46. The van der Waals surface area contributed by atoms with Crippen LogP contribution in [-0.4, -0.2) is 14.5 Å². The number of anilines is 1. The maximum Gasteiger partial charge on any atom is 0.406 e. The standard InChI is InChI=1S/C12H13BrN4O2/c1-8(9-4-3-5-10(13)6-9)15-12-11(17(18)19)14-7-16(12)2/h3-8,15H,1-2H3/t8-/m0/s1. The van der Waals surface area contributed by atoms with Gasteiger partial charge in [0.2, 0.25) is 12.1 Å². The minimum atomic E-state index is -0.490. The van der Waals surface area contributed by atoms with Crippen LogP contribution in [0, 0.1) is 10.1 Å². The van der Waals surface area contributed by atoms with Crippen molar-refractivity contribution in [1.29, 1.82) is 0 Å². The number of nitro groups is 1. The molecule has 0 aliphatic heterocycles. The number of halogens is 1. The Morgan fingerprint density at radius 2 is 2.26 bits per heavy atom. The van der Waals surface area contributed by atoms with Crippen LogP contribution in [0.1, 0.15) is 18.5 Å². The van der Waals surface area contributed by atoms with E-state index in [1.807, 2.05) is 31.2 Å². The predicted octanol–water partition coefficient (Wildman–Crippen LogP) is 3.26. The van der Waals surface area contributed by atoms with Crippen LogP contribution in [0.5, 0.6) is 0 Å². The van der Waals surface area contributed by atoms with Crippen molar-refractivity contribution in [3.8, 4) is 0 Å². The third kappa shape index (κ3) is 2.93. The second-order valence-corrected chi connectivity index (χ2v) is 5.12. The van der Waals surface area contributed by atoms with Crippen LogP contribution in [0.4, 0.5) is 11.6 Å². The Hall–Kier alpha value is -1.89. The minimum absolute atomic E-state index is 0.0633. The molecule has 2 rings (SSSR count). The molecule has 1 atom stereocenters. The van der Waals surface area contributed by atoms with Gasteiger partial charge in [0.1, 0.15) is 0 Å². The summed E-state index contributed by atoms with van der Waals surface area (Å²) < 4.78 is 2.57. The summed E-state index contributed by atoms with van der Waals surface area (Å²) in [5, 5.41) is 14.0. The van der Waals surface area contributed by atoms with Crippen molar-refractivity contribution in [3.05, 3.63) is 50.7 Å². The number of aryl methyl sites for hydroxylation is 1. The van der Waals surface area contributed by atoms with Gasteiger partial charge in [-0.1, -0.05) is 28.1 Å². The molecular weight excluding hydrogens is 312 g/mol. The lowest BCUT2D eigenvalue weighted by molar-refractivity contribution is -0.388. The zero-order chi connectivity index (χ0) is 14.0. The molecule has 0 radical (unpaired) electrons. The molecule has 1 aromatic carbocycles. The second-order valence-electron chi connectivity index (χ2n) is 4.21. The average molecular weight is 325 g/mol. The first-order valence-electron chi connectivity index (χ1n) is 5.66. The normalized spacial score (nSPS) is 12.2. The smallest absolute Gasteiger partial charge is 0.358 e. The SMILES string of the molecule is C[C@H](Nc1c([N+](=O)[O-])ncn1C)c1cccc(Br)c1. The van der Waals surface area contributed by atoms with Crippen LogP contribution < -0.4 is 5.32 Å². The van der Waals surface area contributed by atoms with E-state index in [0.29, 0.717) is 5.82 Å². The third-order valence-corrected chi connectivity index (χ3v) is 3.29. The molecule has 19 heavy (non-hydrogen) atoms. The van der Waals surface area contributed by atoms with Gasteiger partial charge in [-0.25, -0.2) is 0 Å². The van der Waals surface area contributed by atoms with Crippen molar-refractivity contribution in [3.63, 3.8) is 0 Å². The molecule has 7 heteroatoms. The quantitative estimate of drug-likeness (QED) is 0.692. The van der Waals surface area contributed by atoms with Gasteiger partial charge in [-0.2, -0.15) is 0 Å². The summed E-state index contributed by atoms with van der Waals surface area (Å²) in [5.74, 6) is 0.238. The summed E-state index contributed by atoms with van der Waals surface area (Å²) in [5.41, 5.74) is 1.03. The highest BCUT2D eigenvalue weighted by molar-refractivity contribution is 9.10. The summed E-state index contributed by atoms with van der Waals surface area (Å²) in [6.07, 6.45) is 1.42. The minimum Gasteiger partial charge on any atom is -0.358 e. The first-order chi connectivity index (χ1) is 8.99. The van der Waals surface area contributed by atoms with Crippen molar-refractivity contribution in [2.45, 2.75) is 13.0 Å². The summed E-state index contributed by atoms with van der Waals surface area (Å²) in [6, 6.07) is 7.73. The van der Waals surface area contributed by atoms with Crippen LogP contribution in [0.25, 0.3) is 0 Å². The number of rotatable bonds is 4. The van der Waals surface area contributed by atoms with E-state index in [9.17, 15) is 10.1 Å². The number of aromatic nitrogens is 2. The molecule has 1 N–H and O–H groups in total. The Morgan fingerprint density at radius 3 is 2.89 bits per heavy atom. The zero-order valence-electron chi connectivity index (χ0n) is 10.5. The van der Waals surface area contributed by atoms with Crippen molar-refractivity contribution >= 4 is 27.6 Å². The average Bonchev–Trinajstić information content (AvgIpc) is 2.71. The van der Waals surface area contributed by atoms with E-state index < -0.39 is 4.92 Å². The Morgan fingerprint density at radius 1 is 1.53 bits per heavy atom. The molecule has 0 amide bonds. The monoisotopic (exact) mass is 324 g/mol. The van der Waals surface area contributed by atoms with E-state index in [1.54, 1.807) is 11.6 Å². The van der Waals surface area contributed by atoms with Gasteiger partial charge in [0, 0.05) is 11.5 Å². The number of benzene rings is 1. The lowest BCUT2D eigenvalue weighted by Crippen LogP contribution is -2.10. The van der Waals surface area contributed by atoms with Gasteiger partial charge in [-0.3, -0.25) is 4.57 Å². The van der Waals surface area contributed by atoms with Gasteiger partial charge in [0.15, 0.2) is 0 Å². The van der Waals surface area contributed by atoms with Crippen molar-refractivity contribution in [2.24, 2.45) is 7.05 Å². The molecule has 1 aromatic heterocycles. The van der Waals surface area contributed by atoms with Gasteiger partial charge in [0.05, 0.1) is 6.04 Å². The fourth-order valence-electron chi connectivity index (χ4n) is 1.78. The van der Waals surface area contributed by atoms with Gasteiger partial charge in [-0.05, 0) is 34.5 Å². The molecular formula is C12H13BrN4O2. The number of imidazole rings is 1. The highest BCUT2D eigenvalue weighted by Gasteiger charge is 2.21. The van der Waals surface area contributed by atoms with E-state index in [1.165, 1.54) is 6.33 Å². The highest BCUT2D eigenvalue weighted by Crippen LogP contribution is 2.27. The van der Waals surface area contributed by atoms with E-state index in [-0.39, 0.29) is 11.9 Å². The molecule has 100 valence electrons. The van der Waals surface area contributed by atoms with Crippen molar-refractivity contribution < 1.29 is 4.92 Å². The lowest BCUT2D eigenvalue weighted by atomic mass is 10.1. The fraction of sp³-hybridized carbons (Fsp3) is 0.250. The summed E-state index contributed by atoms with van der Waals surface area (Å²) in [4.78, 5) is 14.2. The predicted molar refractivity (Wildman–Crippen MR) is 76.0 cm³/mol. The number of hydrogen-bond donors (Lipinski definition) is 1. The lowest BCUT2D eigenvalue weighted by Gasteiger charge is -2.15. The number of hydrogen-bond acceptors (Lipinski definition) is 4. The van der Waals surface area contributed by atoms with Gasteiger partial charge < -0.3 is 15.4 Å². The molecule has 0 unspecified atom stereocenters. The Bertz CT molecular complexity index is 612. The Kier molecular flexibility index (Phi) is 3.84. The third-order valence-electron chi connectivity index (χ3n) is 2.79. The van der Waals surface area contributed by atoms with Crippen LogP contribution >= 0.6 is 15.9 Å². The van der Waals surface area contributed by atoms with E-state index >= 15 is 0 Å². The molecule has 1 heterocycles. The van der Waals surface area contributed by atoms with Gasteiger partial charge >= 0.3 is 5.82 Å². The van der Waals surface area contributed by atoms with Crippen LogP contribution in [0.2, 0.25) is 0 Å². The Balaban J connectivity index is 2.26. The van der Waals surface area contributed by atoms with Crippen LogP contribution in [-0.2, 0) is 7.05 Å². The largest absolute Gasteiger partial charge is 0.406 e. The first kappa shape index (κ1) is 13.5. The number of nitrogens with zero attached hydrogens (tertiary/aromatic N) is 3. The van der Waals surface area contributed by atoms with Gasteiger partial charge in [0.25, 0.3) is 0 Å². The van der Waals surface area contributed by atoms with Crippen molar-refractivity contribution in [1.82, 2.24) is 9.55 Å². The molecule has 0 aliphatic carbocycles. The van der Waals surface area contributed by atoms with Crippen molar-refractivity contribution in [2.75, 3.05) is 5.32 Å². The maximum atomic E-state index is 10.9. The molecule has 6 nitrogen and oxygen atoms in total. The number of nitrogens with one attached hydrogen (secondary N) is 1. The zero-order valence-corrected chi connectivity index (χ0v) is 12.1. The van der Waals surface area contributed by atoms with E-state index in [0.717, 1.165) is 10.0 Å². The van der Waals surface area contributed by atoms with E-state index in [4.69, 9.17) is 0 Å². The summed E-state index contributed by atoms with van der Waals surface area (Å²) in [7, 11) is 1.72. The summed E-state index contributed by atoms with van der Waals surface area (Å²) >= 11 is 3.41. The fourth-order valence-corrected chi connectivity index (χ4v) is 2.20. The second kappa shape index (κ2) is 5.40. The molecule has 0 saturated carbocycles. The van der Waals surface area contributed by atoms with Gasteiger partial charge in [-0.15, -0.1) is 0 Å². The molecule has 2 aromatic rings. The molecule has 0 spiro atoms. The highest BCUT2D eigenvalue weighted by atomic mass is 79.9. The maximum absolute atomic E-state index is 10.9. The summed E-state index contributed by atoms with van der Waals surface area (Å²) in [6.45, 7) is 1.94. The molecule has 0 aliphatic rings. The molecule has 0 fully saturated rings. The van der Waals surface area contributed by atoms with E-state index in [2.05, 4.69) is 26.2 Å². The topological polar surface area (TPSA) is 73.0 Å². The molecule has 0 bridgehead atoms. The van der Waals surface area contributed by atoms with Crippen LogP contribution in [0.15, 0.2) is 35.1 Å². The Labute approximate surface area is 118 Å². The molecule has 0 saturated heterocycles.